The molecule has 2 N–H and O–H groups in total. The molecule has 82 valence electrons. The summed E-state index contributed by atoms with van der Waals surface area (Å²) in [7, 11) is 0. The van der Waals surface area contributed by atoms with Crippen molar-refractivity contribution in [2.45, 2.75) is 25.8 Å². The minimum absolute atomic E-state index is 0.0545. The standard InChI is InChI=1S/C11H14BrNO2/c1-2-3-9(13)7-4-10-11(5-8(7)12)15-6-14-10/h4-5,9H,2-3,6,13H2,1H3. The predicted octanol–water partition coefficient (Wildman–Crippen LogP) is 2.98. The van der Waals surface area contributed by atoms with Crippen LogP contribution in [-0.2, 0) is 0 Å². The van der Waals surface area contributed by atoms with Crippen molar-refractivity contribution in [3.63, 3.8) is 0 Å². The van der Waals surface area contributed by atoms with Gasteiger partial charge in [-0.25, -0.2) is 0 Å². The van der Waals surface area contributed by atoms with Gasteiger partial charge in [0, 0.05) is 10.5 Å². The Balaban J connectivity index is 2.31. The zero-order valence-corrected chi connectivity index (χ0v) is 10.2. The van der Waals surface area contributed by atoms with Crippen LogP contribution in [0.3, 0.4) is 0 Å². The van der Waals surface area contributed by atoms with Crippen LogP contribution in [0.1, 0.15) is 31.4 Å². The topological polar surface area (TPSA) is 44.5 Å². The summed E-state index contributed by atoms with van der Waals surface area (Å²) < 4.78 is 11.6. The average Bonchev–Trinajstić information content (AvgIpc) is 2.63. The molecule has 0 aliphatic carbocycles. The van der Waals surface area contributed by atoms with Crippen LogP contribution in [-0.4, -0.2) is 6.79 Å². The molecule has 0 saturated carbocycles. The molecule has 1 atom stereocenters. The highest BCUT2D eigenvalue weighted by molar-refractivity contribution is 9.10. The first kappa shape index (κ1) is 10.8. The highest BCUT2D eigenvalue weighted by Crippen LogP contribution is 2.39. The van der Waals surface area contributed by atoms with Crippen molar-refractivity contribution in [3.05, 3.63) is 22.2 Å². The van der Waals surface area contributed by atoms with Gasteiger partial charge in [-0.3, -0.25) is 0 Å². The molecule has 4 heteroatoms. The summed E-state index contributed by atoms with van der Waals surface area (Å²) in [6.07, 6.45) is 2.04. The van der Waals surface area contributed by atoms with Gasteiger partial charge in [-0.15, -0.1) is 0 Å². The van der Waals surface area contributed by atoms with Crippen LogP contribution >= 0.6 is 15.9 Å². The molecule has 1 aromatic carbocycles. The molecule has 0 spiro atoms. The van der Waals surface area contributed by atoms with Crippen molar-refractivity contribution < 1.29 is 9.47 Å². The van der Waals surface area contributed by atoms with Crippen molar-refractivity contribution >= 4 is 15.9 Å². The molecule has 1 aliphatic rings. The second-order valence-corrected chi connectivity index (χ2v) is 4.48. The van der Waals surface area contributed by atoms with Gasteiger partial charge in [-0.2, -0.15) is 0 Å². The summed E-state index contributed by atoms with van der Waals surface area (Å²) in [6, 6.07) is 3.94. The van der Waals surface area contributed by atoms with E-state index in [-0.39, 0.29) is 6.04 Å². The summed E-state index contributed by atoms with van der Waals surface area (Å²) in [5.41, 5.74) is 7.16. The number of ether oxygens (including phenoxy) is 2. The molecule has 0 fully saturated rings. The molecular weight excluding hydrogens is 258 g/mol. The Morgan fingerprint density at radius 2 is 2.07 bits per heavy atom. The fourth-order valence-electron chi connectivity index (χ4n) is 1.68. The molecule has 0 radical (unpaired) electrons. The Hall–Kier alpha value is -0.740. The Labute approximate surface area is 97.7 Å². The van der Waals surface area contributed by atoms with Crippen molar-refractivity contribution in [3.8, 4) is 11.5 Å². The van der Waals surface area contributed by atoms with E-state index in [9.17, 15) is 0 Å². The molecule has 15 heavy (non-hydrogen) atoms. The van der Waals surface area contributed by atoms with E-state index in [0.29, 0.717) is 6.79 Å². The van der Waals surface area contributed by atoms with E-state index in [4.69, 9.17) is 15.2 Å². The van der Waals surface area contributed by atoms with Gasteiger partial charge >= 0.3 is 0 Å². The molecule has 1 aliphatic heterocycles. The zero-order valence-electron chi connectivity index (χ0n) is 8.63. The van der Waals surface area contributed by atoms with Crippen molar-refractivity contribution in [1.29, 1.82) is 0 Å². The lowest BCUT2D eigenvalue weighted by Gasteiger charge is -2.13. The first-order valence-electron chi connectivity index (χ1n) is 5.07. The van der Waals surface area contributed by atoms with Crippen molar-refractivity contribution in [2.24, 2.45) is 5.73 Å². The lowest BCUT2D eigenvalue weighted by atomic mass is 10.0. The van der Waals surface area contributed by atoms with E-state index >= 15 is 0 Å². The van der Waals surface area contributed by atoms with Gasteiger partial charge in [0.2, 0.25) is 6.79 Å². The highest BCUT2D eigenvalue weighted by Gasteiger charge is 2.18. The summed E-state index contributed by atoms with van der Waals surface area (Å²) in [6.45, 7) is 2.43. The van der Waals surface area contributed by atoms with E-state index in [1.165, 1.54) is 0 Å². The zero-order chi connectivity index (χ0) is 10.8. The van der Waals surface area contributed by atoms with Gasteiger partial charge in [-0.05, 0) is 24.1 Å². The first-order valence-corrected chi connectivity index (χ1v) is 5.86. The maximum absolute atomic E-state index is 6.07. The highest BCUT2D eigenvalue weighted by atomic mass is 79.9. The number of hydrogen-bond donors (Lipinski definition) is 1. The Bertz CT molecular complexity index is 368. The SMILES string of the molecule is CCCC(N)c1cc2c(cc1Br)OCO2. The summed E-state index contributed by atoms with van der Waals surface area (Å²) in [4.78, 5) is 0. The number of hydrogen-bond acceptors (Lipinski definition) is 3. The molecule has 1 aromatic rings. The third kappa shape index (κ3) is 2.11. The number of fused-ring (bicyclic) bond motifs is 1. The molecule has 0 aromatic heterocycles. The fraction of sp³-hybridized carbons (Fsp3) is 0.455. The van der Waals surface area contributed by atoms with Gasteiger partial charge in [0.1, 0.15) is 0 Å². The molecule has 0 saturated heterocycles. The maximum atomic E-state index is 6.07. The quantitative estimate of drug-likeness (QED) is 0.920. The van der Waals surface area contributed by atoms with E-state index in [1.807, 2.05) is 12.1 Å². The maximum Gasteiger partial charge on any atom is 0.231 e. The Morgan fingerprint density at radius 3 is 2.73 bits per heavy atom. The normalized spacial score (nSPS) is 15.4. The van der Waals surface area contributed by atoms with E-state index in [2.05, 4.69) is 22.9 Å². The summed E-state index contributed by atoms with van der Waals surface area (Å²) >= 11 is 3.50. The van der Waals surface area contributed by atoms with Crippen LogP contribution in [0.4, 0.5) is 0 Å². The number of nitrogens with two attached hydrogens (primary N) is 1. The lowest BCUT2D eigenvalue weighted by molar-refractivity contribution is 0.174. The van der Waals surface area contributed by atoms with E-state index in [1.54, 1.807) is 0 Å². The number of halogens is 1. The van der Waals surface area contributed by atoms with Crippen LogP contribution in [0, 0.1) is 0 Å². The van der Waals surface area contributed by atoms with Gasteiger partial charge in [0.05, 0.1) is 0 Å². The second kappa shape index (κ2) is 4.41. The minimum atomic E-state index is 0.0545. The van der Waals surface area contributed by atoms with Gasteiger partial charge < -0.3 is 15.2 Å². The summed E-state index contributed by atoms with van der Waals surface area (Å²) in [5, 5.41) is 0. The van der Waals surface area contributed by atoms with E-state index in [0.717, 1.165) is 34.4 Å². The smallest absolute Gasteiger partial charge is 0.231 e. The van der Waals surface area contributed by atoms with Gasteiger partial charge in [0.25, 0.3) is 0 Å². The van der Waals surface area contributed by atoms with Crippen molar-refractivity contribution in [2.75, 3.05) is 6.79 Å². The van der Waals surface area contributed by atoms with Crippen LogP contribution in [0.15, 0.2) is 16.6 Å². The molecule has 1 unspecified atom stereocenters. The third-order valence-electron chi connectivity index (χ3n) is 2.49. The minimum Gasteiger partial charge on any atom is -0.454 e. The van der Waals surface area contributed by atoms with Crippen LogP contribution in [0.25, 0.3) is 0 Å². The molecule has 0 bridgehead atoms. The average molecular weight is 272 g/mol. The van der Waals surface area contributed by atoms with Crippen LogP contribution < -0.4 is 15.2 Å². The third-order valence-corrected chi connectivity index (χ3v) is 3.18. The molecule has 1 heterocycles. The fourth-order valence-corrected chi connectivity index (χ4v) is 2.30. The van der Waals surface area contributed by atoms with Crippen molar-refractivity contribution in [1.82, 2.24) is 0 Å². The molecular formula is C11H14BrNO2. The van der Waals surface area contributed by atoms with Crippen LogP contribution in [0.2, 0.25) is 0 Å². The van der Waals surface area contributed by atoms with E-state index < -0.39 is 0 Å². The Kier molecular flexibility index (Phi) is 3.17. The van der Waals surface area contributed by atoms with Gasteiger partial charge in [-0.1, -0.05) is 29.3 Å². The first-order chi connectivity index (χ1) is 7.22. The Morgan fingerprint density at radius 1 is 1.40 bits per heavy atom. The lowest BCUT2D eigenvalue weighted by Crippen LogP contribution is -2.10. The molecule has 0 amide bonds. The van der Waals surface area contributed by atoms with Crippen LogP contribution in [0.5, 0.6) is 11.5 Å². The second-order valence-electron chi connectivity index (χ2n) is 3.62. The number of rotatable bonds is 3. The monoisotopic (exact) mass is 271 g/mol. The molecule has 2 rings (SSSR count). The number of benzene rings is 1. The largest absolute Gasteiger partial charge is 0.454 e. The summed E-state index contributed by atoms with van der Waals surface area (Å²) in [5.74, 6) is 1.58. The van der Waals surface area contributed by atoms with Gasteiger partial charge in [0.15, 0.2) is 11.5 Å². The molecule has 3 nitrogen and oxygen atoms in total. The predicted molar refractivity (Wildman–Crippen MR) is 62.1 cm³/mol.